The molecule has 9 heteroatoms. The Bertz CT molecular complexity index is 521. The molecule has 1 aliphatic heterocycles. The average molecular weight is 344 g/mol. The average Bonchev–Trinajstić information content (AvgIpc) is 2.89. The van der Waals surface area contributed by atoms with Crippen LogP contribution in [0.1, 0.15) is 38.5 Å². The molecule has 1 atom stereocenters. The summed E-state index contributed by atoms with van der Waals surface area (Å²) in [4.78, 5) is 22.5. The number of hydrogen-bond donors (Lipinski definition) is 1. The summed E-state index contributed by atoms with van der Waals surface area (Å²) in [6, 6.07) is 0.187. The van der Waals surface area contributed by atoms with Crippen molar-refractivity contribution in [3.8, 4) is 0 Å². The van der Waals surface area contributed by atoms with Crippen molar-refractivity contribution < 1.29 is 19.4 Å². The first-order chi connectivity index (χ1) is 10.9. The van der Waals surface area contributed by atoms with Gasteiger partial charge in [0.2, 0.25) is 5.91 Å². The predicted octanol–water partition coefficient (Wildman–Crippen LogP) is 1.17. The van der Waals surface area contributed by atoms with Crippen LogP contribution in [-0.4, -0.2) is 61.8 Å². The van der Waals surface area contributed by atoms with E-state index in [0.717, 1.165) is 11.6 Å². The van der Waals surface area contributed by atoms with Crippen molar-refractivity contribution in [1.82, 2.24) is 19.7 Å². The van der Waals surface area contributed by atoms with Crippen LogP contribution >= 0.6 is 11.8 Å². The summed E-state index contributed by atoms with van der Waals surface area (Å²) in [5, 5.41) is 15.7. The van der Waals surface area contributed by atoms with Gasteiger partial charge in [-0.25, -0.2) is 0 Å². The van der Waals surface area contributed by atoms with Crippen molar-refractivity contribution in [2.75, 3.05) is 19.4 Å². The Morgan fingerprint density at radius 3 is 2.74 bits per heavy atom. The molecule has 23 heavy (non-hydrogen) atoms. The van der Waals surface area contributed by atoms with Gasteiger partial charge in [-0.3, -0.25) is 9.59 Å². The first kappa shape index (κ1) is 19.4. The zero-order valence-corrected chi connectivity index (χ0v) is 14.7. The molecule has 1 aliphatic rings. The minimum Gasteiger partial charge on any atom is -0.483 e. The summed E-state index contributed by atoms with van der Waals surface area (Å²) in [5.74, 6) is 2.39. The molecule has 8 nitrogen and oxygen atoms in total. The van der Waals surface area contributed by atoms with E-state index in [4.69, 9.17) is 14.6 Å². The lowest BCUT2D eigenvalue weighted by Gasteiger charge is -2.32. The summed E-state index contributed by atoms with van der Waals surface area (Å²) in [7, 11) is 1.65. The van der Waals surface area contributed by atoms with Crippen LogP contribution < -0.4 is 0 Å². The minimum atomic E-state index is -0.250. The van der Waals surface area contributed by atoms with E-state index in [-0.39, 0.29) is 18.4 Å². The predicted molar refractivity (Wildman–Crippen MR) is 87.1 cm³/mol. The standard InChI is InChI=1S/C13H22N4O2S.CH2O2/c1-9(2)20-8-13(18)16-5-10(3)17-11(6-16)14-15-12(17)7-19-4;2-1-3/h9-10H,5-8H2,1-4H3;1H,(H,2,3)/t10-;/m0./s1. The first-order valence-electron chi connectivity index (χ1n) is 7.33. The molecule has 0 aromatic carbocycles. The van der Waals surface area contributed by atoms with Crippen molar-refractivity contribution in [2.45, 2.75) is 45.2 Å². The van der Waals surface area contributed by atoms with E-state index in [2.05, 4.69) is 35.5 Å². The van der Waals surface area contributed by atoms with Gasteiger partial charge in [-0.1, -0.05) is 13.8 Å². The molecule has 1 N–H and O–H groups in total. The number of aromatic nitrogens is 3. The highest BCUT2D eigenvalue weighted by Gasteiger charge is 2.28. The van der Waals surface area contributed by atoms with E-state index in [0.29, 0.717) is 30.7 Å². The Kier molecular flexibility index (Phi) is 8.04. The van der Waals surface area contributed by atoms with Gasteiger partial charge in [-0.05, 0) is 12.2 Å². The molecule has 0 spiro atoms. The van der Waals surface area contributed by atoms with Crippen LogP contribution in [0.4, 0.5) is 0 Å². The number of nitrogens with zero attached hydrogens (tertiary/aromatic N) is 4. The first-order valence-corrected chi connectivity index (χ1v) is 8.38. The van der Waals surface area contributed by atoms with Crippen LogP contribution in [0.15, 0.2) is 0 Å². The number of carbonyl (C=O) groups is 2. The summed E-state index contributed by atoms with van der Waals surface area (Å²) < 4.78 is 7.22. The van der Waals surface area contributed by atoms with Crippen LogP contribution in [0.2, 0.25) is 0 Å². The van der Waals surface area contributed by atoms with Gasteiger partial charge in [-0.15, -0.1) is 22.0 Å². The summed E-state index contributed by atoms with van der Waals surface area (Å²) in [6.07, 6.45) is 0. The molecule has 1 aromatic rings. The van der Waals surface area contributed by atoms with Crippen LogP contribution in [0.5, 0.6) is 0 Å². The van der Waals surface area contributed by atoms with Gasteiger partial charge in [0.1, 0.15) is 6.61 Å². The second-order valence-corrected chi connectivity index (χ2v) is 6.99. The maximum absolute atomic E-state index is 12.2. The third kappa shape index (κ3) is 5.51. The molecule has 0 saturated carbocycles. The van der Waals surface area contributed by atoms with Crippen molar-refractivity contribution in [3.05, 3.63) is 11.6 Å². The fourth-order valence-corrected chi connectivity index (χ4v) is 3.02. The number of carbonyl (C=O) groups excluding carboxylic acids is 1. The largest absolute Gasteiger partial charge is 0.483 e. The number of rotatable bonds is 5. The molecule has 0 unspecified atom stereocenters. The van der Waals surface area contributed by atoms with Gasteiger partial charge >= 0.3 is 0 Å². The Labute approximate surface area is 140 Å². The monoisotopic (exact) mass is 344 g/mol. The zero-order chi connectivity index (χ0) is 17.4. The van der Waals surface area contributed by atoms with E-state index in [9.17, 15) is 4.79 Å². The number of fused-ring (bicyclic) bond motifs is 1. The normalized spacial score (nSPS) is 16.6. The Hall–Kier alpha value is -1.61. The fourth-order valence-electron chi connectivity index (χ4n) is 2.36. The van der Waals surface area contributed by atoms with Crippen LogP contribution in [0.3, 0.4) is 0 Å². The number of carboxylic acid groups (broad SMARTS) is 1. The SMILES string of the molecule is COCc1nnc2n1[C@@H](C)CN(C(=O)CSC(C)C)C2.O=CO. The summed E-state index contributed by atoms with van der Waals surface area (Å²) >= 11 is 1.67. The Morgan fingerprint density at radius 2 is 2.17 bits per heavy atom. The zero-order valence-electron chi connectivity index (χ0n) is 13.9. The molecule has 0 saturated heterocycles. The van der Waals surface area contributed by atoms with Gasteiger partial charge in [0.05, 0.1) is 18.3 Å². The molecule has 0 bridgehead atoms. The topological polar surface area (TPSA) is 97.6 Å². The number of thioether (sulfide) groups is 1. The van der Waals surface area contributed by atoms with Gasteiger partial charge < -0.3 is 19.3 Å². The molecule has 1 amide bonds. The third-order valence-electron chi connectivity index (χ3n) is 3.26. The van der Waals surface area contributed by atoms with Crippen molar-refractivity contribution >= 4 is 24.1 Å². The fraction of sp³-hybridized carbons (Fsp3) is 0.714. The molecule has 2 rings (SSSR count). The van der Waals surface area contributed by atoms with Crippen LogP contribution in [0, 0.1) is 0 Å². The van der Waals surface area contributed by atoms with Gasteiger partial charge in [0.15, 0.2) is 11.6 Å². The van der Waals surface area contributed by atoms with E-state index < -0.39 is 0 Å². The van der Waals surface area contributed by atoms with Gasteiger partial charge in [0, 0.05) is 13.7 Å². The Balaban J connectivity index is 0.000000816. The van der Waals surface area contributed by atoms with Gasteiger partial charge in [0.25, 0.3) is 6.47 Å². The smallest absolute Gasteiger partial charge is 0.290 e. The number of ether oxygens (including phenoxy) is 1. The maximum atomic E-state index is 12.2. The van der Waals surface area contributed by atoms with Crippen molar-refractivity contribution in [2.24, 2.45) is 0 Å². The molecule has 0 aliphatic carbocycles. The second kappa shape index (κ2) is 9.51. The highest BCUT2D eigenvalue weighted by molar-refractivity contribution is 8.00. The highest BCUT2D eigenvalue weighted by Crippen LogP contribution is 2.22. The number of amides is 1. The van der Waals surface area contributed by atoms with E-state index >= 15 is 0 Å². The third-order valence-corrected chi connectivity index (χ3v) is 4.34. The molecule has 2 heterocycles. The van der Waals surface area contributed by atoms with Crippen molar-refractivity contribution in [3.63, 3.8) is 0 Å². The molecule has 130 valence electrons. The molecule has 0 fully saturated rings. The van der Waals surface area contributed by atoms with Gasteiger partial charge in [-0.2, -0.15) is 0 Å². The van der Waals surface area contributed by atoms with Crippen LogP contribution in [0.25, 0.3) is 0 Å². The molecular weight excluding hydrogens is 320 g/mol. The van der Waals surface area contributed by atoms with Crippen LogP contribution in [-0.2, 0) is 27.5 Å². The van der Waals surface area contributed by atoms with E-state index in [1.807, 2.05) is 4.90 Å². The lowest BCUT2D eigenvalue weighted by Crippen LogP contribution is -2.41. The van der Waals surface area contributed by atoms with E-state index in [1.54, 1.807) is 18.9 Å². The highest BCUT2D eigenvalue weighted by atomic mass is 32.2. The maximum Gasteiger partial charge on any atom is 0.290 e. The van der Waals surface area contributed by atoms with E-state index in [1.165, 1.54) is 0 Å². The minimum absolute atomic E-state index is 0.179. The molecule has 1 aromatic heterocycles. The summed E-state index contributed by atoms with van der Waals surface area (Å²) in [5.41, 5.74) is 0. The molecule has 0 radical (unpaired) electrons. The summed E-state index contributed by atoms with van der Waals surface area (Å²) in [6.45, 7) is 7.74. The Morgan fingerprint density at radius 1 is 1.52 bits per heavy atom. The number of hydrogen-bond acceptors (Lipinski definition) is 6. The number of methoxy groups -OCH3 is 1. The quantitative estimate of drug-likeness (QED) is 0.801. The lowest BCUT2D eigenvalue weighted by molar-refractivity contribution is -0.130. The van der Waals surface area contributed by atoms with Crippen molar-refractivity contribution in [1.29, 1.82) is 0 Å². The second-order valence-electron chi connectivity index (χ2n) is 5.42. The lowest BCUT2D eigenvalue weighted by atomic mass is 10.2. The molecular formula is C14H24N4O4S.